The zero-order valence-electron chi connectivity index (χ0n) is 16.8. The van der Waals surface area contributed by atoms with Gasteiger partial charge in [0.05, 0.1) is 32.6 Å². The first kappa shape index (κ1) is 20.3. The Morgan fingerprint density at radius 1 is 1.31 bits per heavy atom. The highest BCUT2D eigenvalue weighted by atomic mass is 16.6. The van der Waals surface area contributed by atoms with Crippen LogP contribution in [0.5, 0.6) is 11.5 Å². The van der Waals surface area contributed by atoms with Crippen molar-refractivity contribution in [3.05, 3.63) is 35.0 Å². The summed E-state index contributed by atoms with van der Waals surface area (Å²) in [6.45, 7) is 5.20. The first-order chi connectivity index (χ1) is 14.0. The van der Waals surface area contributed by atoms with Crippen LogP contribution in [-0.4, -0.2) is 42.8 Å². The Labute approximate surface area is 169 Å². The minimum absolute atomic E-state index is 0.180. The topological polar surface area (TPSA) is 111 Å². The average molecular weight is 396 g/mol. The molecule has 3 rings (SSSR count). The van der Waals surface area contributed by atoms with Crippen LogP contribution in [0.3, 0.4) is 0 Å². The Bertz CT molecular complexity index is 968. The minimum Gasteiger partial charge on any atom is -0.493 e. The van der Waals surface area contributed by atoms with Gasteiger partial charge in [-0.05, 0) is 31.5 Å². The molecule has 1 aromatic heterocycles. The molecule has 29 heavy (non-hydrogen) atoms. The van der Waals surface area contributed by atoms with Crippen LogP contribution in [0.2, 0.25) is 0 Å². The number of nitrogens with two attached hydrogens (primary N) is 1. The number of anilines is 1. The van der Waals surface area contributed by atoms with Crippen LogP contribution in [0.25, 0.3) is 11.1 Å². The Balaban J connectivity index is 2.16. The summed E-state index contributed by atoms with van der Waals surface area (Å²) in [6.07, 6.45) is 0.148. The van der Waals surface area contributed by atoms with E-state index in [0.29, 0.717) is 49.8 Å². The Morgan fingerprint density at radius 3 is 2.76 bits per heavy atom. The van der Waals surface area contributed by atoms with Gasteiger partial charge in [0.1, 0.15) is 17.5 Å². The number of ether oxygens (including phenoxy) is 3. The molecule has 0 atom stereocenters. The summed E-state index contributed by atoms with van der Waals surface area (Å²) in [5, 5.41) is 9.76. The lowest BCUT2D eigenvalue weighted by Gasteiger charge is -2.30. The third-order valence-electron chi connectivity index (χ3n) is 4.77. The Morgan fingerprint density at radius 2 is 2.10 bits per heavy atom. The first-order valence-electron chi connectivity index (χ1n) is 9.48. The van der Waals surface area contributed by atoms with Crippen molar-refractivity contribution >= 4 is 11.9 Å². The molecule has 0 spiro atoms. The number of benzene rings is 1. The fourth-order valence-corrected chi connectivity index (χ4v) is 3.48. The van der Waals surface area contributed by atoms with Gasteiger partial charge in [-0.25, -0.2) is 9.78 Å². The van der Waals surface area contributed by atoms with Gasteiger partial charge in [-0.3, -0.25) is 0 Å². The molecule has 1 aliphatic heterocycles. The average Bonchev–Trinajstić information content (AvgIpc) is 2.72. The molecule has 0 saturated heterocycles. The molecule has 0 unspecified atom stereocenters. The predicted octanol–water partition coefficient (Wildman–Crippen LogP) is 3.12. The van der Waals surface area contributed by atoms with Crippen molar-refractivity contribution in [3.63, 3.8) is 0 Å². The largest absolute Gasteiger partial charge is 0.493 e. The second-order valence-corrected chi connectivity index (χ2v) is 6.45. The second-order valence-electron chi connectivity index (χ2n) is 6.45. The summed E-state index contributed by atoms with van der Waals surface area (Å²) in [5.74, 6) is 1.34. The molecule has 0 bridgehead atoms. The zero-order chi connectivity index (χ0) is 21.0. The first-order valence-corrected chi connectivity index (χ1v) is 9.48. The van der Waals surface area contributed by atoms with Crippen LogP contribution in [0.4, 0.5) is 10.6 Å². The van der Waals surface area contributed by atoms with Gasteiger partial charge >= 0.3 is 6.09 Å². The molecule has 2 heterocycles. The molecule has 8 heteroatoms. The van der Waals surface area contributed by atoms with E-state index in [2.05, 4.69) is 11.1 Å². The third-order valence-corrected chi connectivity index (χ3v) is 4.77. The van der Waals surface area contributed by atoms with Gasteiger partial charge in [0.15, 0.2) is 11.5 Å². The number of nitrogens with zero attached hydrogens (tertiary/aromatic N) is 3. The number of fused-ring (bicyclic) bond motifs is 1. The van der Waals surface area contributed by atoms with E-state index in [4.69, 9.17) is 19.9 Å². The lowest BCUT2D eigenvalue weighted by molar-refractivity contribution is 0.102. The molecule has 0 aliphatic carbocycles. The van der Waals surface area contributed by atoms with Gasteiger partial charge < -0.3 is 24.8 Å². The number of hydrogen-bond acceptors (Lipinski definition) is 7. The van der Waals surface area contributed by atoms with E-state index in [1.165, 1.54) is 0 Å². The quantitative estimate of drug-likeness (QED) is 0.826. The van der Waals surface area contributed by atoms with Gasteiger partial charge in [0.2, 0.25) is 0 Å². The monoisotopic (exact) mass is 396 g/mol. The summed E-state index contributed by atoms with van der Waals surface area (Å²) in [4.78, 5) is 18.3. The van der Waals surface area contributed by atoms with Gasteiger partial charge in [-0.1, -0.05) is 6.07 Å². The van der Waals surface area contributed by atoms with Gasteiger partial charge in [0, 0.05) is 24.1 Å². The van der Waals surface area contributed by atoms with Crippen LogP contribution in [-0.2, 0) is 17.7 Å². The lowest BCUT2D eigenvalue weighted by Crippen LogP contribution is -2.37. The van der Waals surface area contributed by atoms with Crippen molar-refractivity contribution < 1.29 is 19.0 Å². The van der Waals surface area contributed by atoms with Crippen LogP contribution >= 0.6 is 0 Å². The fraction of sp³-hybridized carbons (Fsp3) is 0.381. The number of carbonyl (C=O) groups is 1. The van der Waals surface area contributed by atoms with Gasteiger partial charge in [0.25, 0.3) is 0 Å². The predicted molar refractivity (Wildman–Crippen MR) is 108 cm³/mol. The van der Waals surface area contributed by atoms with E-state index in [9.17, 15) is 10.1 Å². The molecule has 1 aromatic carbocycles. The maximum absolute atomic E-state index is 12.3. The smallest absolute Gasteiger partial charge is 0.410 e. The molecule has 0 fully saturated rings. The molecule has 1 aliphatic rings. The van der Waals surface area contributed by atoms with Crippen LogP contribution in [0.15, 0.2) is 18.2 Å². The summed E-state index contributed by atoms with van der Waals surface area (Å²) in [7, 11) is 1.57. The molecule has 0 radical (unpaired) electrons. The molecule has 1 amide bonds. The standard InChI is InChI=1S/C21H24N4O4/c1-4-28-18-10-13(6-7-17(18)27-3)19-14(11-22)20(23)24-16-8-9-25(12-15(16)19)21(26)29-5-2/h6-7,10H,4-5,8-9,12H2,1-3H3,(H2,23,24). The van der Waals surface area contributed by atoms with Crippen molar-refractivity contribution in [2.24, 2.45) is 0 Å². The Hall–Kier alpha value is -3.47. The van der Waals surface area contributed by atoms with Crippen LogP contribution in [0, 0.1) is 11.3 Å². The van der Waals surface area contributed by atoms with Crippen molar-refractivity contribution in [2.45, 2.75) is 26.8 Å². The highest BCUT2D eigenvalue weighted by molar-refractivity contribution is 5.81. The number of aromatic nitrogens is 1. The minimum atomic E-state index is -0.385. The number of nitriles is 1. The van der Waals surface area contributed by atoms with Crippen molar-refractivity contribution in [2.75, 3.05) is 32.6 Å². The Kier molecular flexibility index (Phi) is 6.07. The number of amides is 1. The molecule has 152 valence electrons. The van der Waals surface area contributed by atoms with Crippen LogP contribution < -0.4 is 15.2 Å². The van der Waals surface area contributed by atoms with Gasteiger partial charge in [-0.15, -0.1) is 0 Å². The normalized spacial score (nSPS) is 12.7. The SMILES string of the molecule is CCOC(=O)N1CCc2nc(N)c(C#N)c(-c3ccc(OC)c(OCC)c3)c2C1. The van der Waals surface area contributed by atoms with Gasteiger partial charge in [-0.2, -0.15) is 5.26 Å². The summed E-state index contributed by atoms with van der Waals surface area (Å²) < 4.78 is 16.2. The molecule has 2 aromatic rings. The van der Waals surface area contributed by atoms with E-state index in [1.54, 1.807) is 25.0 Å². The van der Waals surface area contributed by atoms with E-state index >= 15 is 0 Å². The number of methoxy groups -OCH3 is 1. The lowest BCUT2D eigenvalue weighted by atomic mass is 9.91. The second kappa shape index (κ2) is 8.69. The number of nitrogen functional groups attached to an aromatic ring is 1. The van der Waals surface area contributed by atoms with Crippen molar-refractivity contribution in [1.29, 1.82) is 5.26 Å². The van der Waals surface area contributed by atoms with Crippen molar-refractivity contribution in [1.82, 2.24) is 9.88 Å². The van der Waals surface area contributed by atoms with Crippen LogP contribution in [0.1, 0.15) is 30.7 Å². The van der Waals surface area contributed by atoms with E-state index in [0.717, 1.165) is 16.8 Å². The number of carbonyl (C=O) groups excluding carboxylic acids is 1. The van der Waals surface area contributed by atoms with Crippen molar-refractivity contribution in [3.8, 4) is 28.7 Å². The maximum atomic E-state index is 12.3. The highest BCUT2D eigenvalue weighted by Crippen LogP contribution is 2.39. The van der Waals surface area contributed by atoms with E-state index < -0.39 is 0 Å². The fourth-order valence-electron chi connectivity index (χ4n) is 3.48. The van der Waals surface area contributed by atoms with E-state index in [1.807, 2.05) is 19.1 Å². The molecule has 2 N–H and O–H groups in total. The summed E-state index contributed by atoms with van der Waals surface area (Å²) in [6, 6.07) is 7.62. The molecular weight excluding hydrogens is 372 g/mol. The third kappa shape index (κ3) is 3.90. The molecule has 0 saturated carbocycles. The summed E-state index contributed by atoms with van der Waals surface area (Å²) >= 11 is 0. The number of rotatable bonds is 5. The molecular formula is C21H24N4O4. The molecule has 8 nitrogen and oxygen atoms in total. The zero-order valence-corrected chi connectivity index (χ0v) is 16.8. The maximum Gasteiger partial charge on any atom is 0.410 e. The highest BCUT2D eigenvalue weighted by Gasteiger charge is 2.28. The summed E-state index contributed by atoms with van der Waals surface area (Å²) in [5.41, 5.74) is 9.36. The van der Waals surface area contributed by atoms with E-state index in [-0.39, 0.29) is 17.5 Å². The number of hydrogen-bond donors (Lipinski definition) is 1. The number of pyridine rings is 1.